The molecule has 0 aliphatic heterocycles. The molecule has 1 atom stereocenters. The van der Waals surface area contributed by atoms with Gasteiger partial charge in [-0.1, -0.05) is 71.9 Å². The molecule has 0 radical (unpaired) electrons. The van der Waals surface area contributed by atoms with E-state index in [4.69, 9.17) is 0 Å². The zero-order chi connectivity index (χ0) is 22.7. The lowest BCUT2D eigenvalue weighted by Crippen LogP contribution is -2.35. The second-order valence-electron chi connectivity index (χ2n) is 9.63. The van der Waals surface area contributed by atoms with Gasteiger partial charge < -0.3 is 10.4 Å². The van der Waals surface area contributed by atoms with E-state index in [0.717, 1.165) is 16.0 Å². The Morgan fingerprint density at radius 2 is 1.47 bits per heavy atom. The van der Waals surface area contributed by atoms with E-state index in [0.29, 0.717) is 11.3 Å². The van der Waals surface area contributed by atoms with Gasteiger partial charge in [0.05, 0.1) is 11.8 Å². The molecule has 2 aromatic rings. The highest BCUT2D eigenvalue weighted by Gasteiger charge is 2.27. The van der Waals surface area contributed by atoms with Gasteiger partial charge in [-0.15, -0.1) is 11.8 Å². The normalized spacial score (nSPS) is 13.0. The molecule has 0 saturated carbocycles. The summed E-state index contributed by atoms with van der Waals surface area (Å²) in [4.78, 5) is 25.7. The number of hydrogen-bond acceptors (Lipinski definition) is 4. The third kappa shape index (κ3) is 6.11. The minimum atomic E-state index is -0.376. The maximum atomic E-state index is 12.6. The van der Waals surface area contributed by atoms with E-state index in [2.05, 4.69) is 46.9 Å². The molecule has 2 N–H and O–H groups in total. The lowest BCUT2D eigenvalue weighted by atomic mass is 9.79. The van der Waals surface area contributed by atoms with Crippen molar-refractivity contribution in [2.24, 2.45) is 0 Å². The molecule has 0 aliphatic carbocycles. The zero-order valence-electron chi connectivity index (χ0n) is 19.0. The average Bonchev–Trinajstić information content (AvgIpc) is 2.65. The van der Waals surface area contributed by atoms with Crippen LogP contribution in [0.4, 0.5) is 0 Å². The van der Waals surface area contributed by atoms with Crippen LogP contribution in [0.5, 0.6) is 5.75 Å². The Balaban J connectivity index is 2.16. The number of ketones is 1. The van der Waals surface area contributed by atoms with Gasteiger partial charge in [-0.05, 0) is 29.9 Å². The Bertz CT molecular complexity index is 873. The Morgan fingerprint density at radius 3 is 1.93 bits per heavy atom. The van der Waals surface area contributed by atoms with Gasteiger partial charge in [-0.3, -0.25) is 9.59 Å². The van der Waals surface area contributed by atoms with E-state index in [1.165, 1.54) is 11.8 Å². The molecule has 4 nitrogen and oxygen atoms in total. The highest BCUT2D eigenvalue weighted by Crippen LogP contribution is 2.42. The summed E-state index contributed by atoms with van der Waals surface area (Å²) >= 11 is 1.43. The van der Waals surface area contributed by atoms with Gasteiger partial charge in [0, 0.05) is 21.6 Å². The number of hydrogen-bond donors (Lipinski definition) is 2. The third-order valence-electron chi connectivity index (χ3n) is 4.90. The molecule has 2 rings (SSSR count). The Kier molecular flexibility index (Phi) is 7.40. The van der Waals surface area contributed by atoms with E-state index in [1.807, 2.05) is 25.1 Å². The minimum absolute atomic E-state index is 0.0240. The first-order valence-electron chi connectivity index (χ1n) is 10.2. The quantitative estimate of drug-likeness (QED) is 0.474. The van der Waals surface area contributed by atoms with Crippen LogP contribution in [0.2, 0.25) is 0 Å². The standard InChI is InChI=1S/C25H33NO3S/c1-16(23(29)26-15-21(27)17-11-9-8-10-12-17)30-18-13-19(24(2,3)4)22(28)20(14-18)25(5,6)7/h8-14,16,28H,15H2,1-7H3,(H,26,29). The van der Waals surface area contributed by atoms with Crippen LogP contribution in [-0.4, -0.2) is 28.6 Å². The van der Waals surface area contributed by atoms with E-state index in [-0.39, 0.29) is 34.3 Å². The van der Waals surface area contributed by atoms with Gasteiger partial charge in [-0.25, -0.2) is 0 Å². The largest absolute Gasteiger partial charge is 0.507 e. The van der Waals surface area contributed by atoms with Crippen LogP contribution in [0.15, 0.2) is 47.4 Å². The van der Waals surface area contributed by atoms with Crippen molar-refractivity contribution in [3.05, 3.63) is 59.2 Å². The molecule has 162 valence electrons. The number of phenols is 1. The van der Waals surface area contributed by atoms with E-state index >= 15 is 0 Å². The number of phenolic OH excluding ortho intramolecular Hbond substituents is 1. The number of aromatic hydroxyl groups is 1. The van der Waals surface area contributed by atoms with E-state index in [1.54, 1.807) is 24.3 Å². The fourth-order valence-corrected chi connectivity index (χ4v) is 4.08. The zero-order valence-corrected chi connectivity index (χ0v) is 19.8. The molecule has 0 spiro atoms. The number of carbonyl (C=O) groups excluding carboxylic acids is 2. The minimum Gasteiger partial charge on any atom is -0.507 e. The SMILES string of the molecule is CC(Sc1cc(C(C)(C)C)c(O)c(C(C)(C)C)c1)C(=O)NCC(=O)c1ccccc1. The predicted molar refractivity (Wildman–Crippen MR) is 125 cm³/mol. The molecular formula is C25H33NO3S. The summed E-state index contributed by atoms with van der Waals surface area (Å²) < 4.78 is 0. The maximum Gasteiger partial charge on any atom is 0.233 e. The van der Waals surface area contributed by atoms with Crippen LogP contribution in [0.1, 0.15) is 70.0 Å². The Hall–Kier alpha value is -2.27. The van der Waals surface area contributed by atoms with Crippen LogP contribution < -0.4 is 5.32 Å². The van der Waals surface area contributed by atoms with Crippen LogP contribution in [-0.2, 0) is 15.6 Å². The van der Waals surface area contributed by atoms with Gasteiger partial charge in [0.1, 0.15) is 5.75 Å². The van der Waals surface area contributed by atoms with Gasteiger partial charge in [-0.2, -0.15) is 0 Å². The number of Topliss-reactive ketones (excluding diaryl/α,β-unsaturated/α-hetero) is 1. The van der Waals surface area contributed by atoms with Crippen molar-refractivity contribution in [2.75, 3.05) is 6.54 Å². The first-order valence-corrected chi connectivity index (χ1v) is 11.1. The van der Waals surface area contributed by atoms with Crippen molar-refractivity contribution in [3.8, 4) is 5.75 Å². The summed E-state index contributed by atoms with van der Waals surface area (Å²) in [5.74, 6) is 0.0210. The van der Waals surface area contributed by atoms with E-state index in [9.17, 15) is 14.7 Å². The molecule has 0 aliphatic rings. The number of nitrogens with one attached hydrogen (secondary N) is 1. The van der Waals surface area contributed by atoms with Gasteiger partial charge >= 0.3 is 0 Å². The second-order valence-corrected chi connectivity index (χ2v) is 11.0. The van der Waals surface area contributed by atoms with Crippen LogP contribution >= 0.6 is 11.8 Å². The number of rotatable bonds is 6. The number of benzene rings is 2. The van der Waals surface area contributed by atoms with Crippen molar-refractivity contribution in [3.63, 3.8) is 0 Å². The van der Waals surface area contributed by atoms with Crippen LogP contribution in [0, 0.1) is 0 Å². The summed E-state index contributed by atoms with van der Waals surface area (Å²) in [6, 6.07) is 12.9. The topological polar surface area (TPSA) is 66.4 Å². The predicted octanol–water partition coefficient (Wildman–Crippen LogP) is 5.47. The first kappa shape index (κ1) is 24.0. The van der Waals surface area contributed by atoms with Crippen molar-refractivity contribution in [1.82, 2.24) is 5.32 Å². The molecule has 0 fully saturated rings. The molecule has 5 heteroatoms. The maximum absolute atomic E-state index is 12.6. The smallest absolute Gasteiger partial charge is 0.233 e. The molecule has 1 unspecified atom stereocenters. The molecule has 0 bridgehead atoms. The summed E-state index contributed by atoms with van der Waals surface area (Å²) in [5.41, 5.74) is 1.86. The highest BCUT2D eigenvalue weighted by atomic mass is 32.2. The van der Waals surface area contributed by atoms with Crippen molar-refractivity contribution in [2.45, 2.75) is 69.4 Å². The molecule has 0 saturated heterocycles. The fourth-order valence-electron chi connectivity index (χ4n) is 3.11. The average molecular weight is 428 g/mol. The number of carbonyl (C=O) groups is 2. The third-order valence-corrected chi connectivity index (χ3v) is 5.98. The molecule has 2 aromatic carbocycles. The van der Waals surface area contributed by atoms with Gasteiger partial charge in [0.25, 0.3) is 0 Å². The van der Waals surface area contributed by atoms with E-state index < -0.39 is 0 Å². The van der Waals surface area contributed by atoms with Crippen molar-refractivity contribution >= 4 is 23.5 Å². The summed E-state index contributed by atoms with van der Waals surface area (Å²) in [6.45, 7) is 14.2. The summed E-state index contributed by atoms with van der Waals surface area (Å²) in [6.07, 6.45) is 0. The summed E-state index contributed by atoms with van der Waals surface area (Å²) in [7, 11) is 0. The number of amides is 1. The lowest BCUT2D eigenvalue weighted by molar-refractivity contribution is -0.120. The Morgan fingerprint density at radius 1 is 0.967 bits per heavy atom. The molecule has 30 heavy (non-hydrogen) atoms. The van der Waals surface area contributed by atoms with Crippen molar-refractivity contribution < 1.29 is 14.7 Å². The first-order chi connectivity index (χ1) is 13.8. The van der Waals surface area contributed by atoms with Gasteiger partial charge in [0.2, 0.25) is 5.91 Å². The molecule has 1 amide bonds. The molecular weight excluding hydrogens is 394 g/mol. The second kappa shape index (κ2) is 9.25. The highest BCUT2D eigenvalue weighted by molar-refractivity contribution is 8.00. The van der Waals surface area contributed by atoms with Crippen molar-refractivity contribution in [1.29, 1.82) is 0 Å². The number of thioether (sulfide) groups is 1. The monoisotopic (exact) mass is 427 g/mol. The molecule has 0 heterocycles. The Labute approximate surface area is 184 Å². The summed E-state index contributed by atoms with van der Waals surface area (Å²) in [5, 5.41) is 13.2. The van der Waals surface area contributed by atoms with Gasteiger partial charge in [0.15, 0.2) is 5.78 Å². The lowest BCUT2D eigenvalue weighted by Gasteiger charge is -2.28. The fraction of sp³-hybridized carbons (Fsp3) is 0.440. The van der Waals surface area contributed by atoms with Crippen LogP contribution in [0.25, 0.3) is 0 Å². The van der Waals surface area contributed by atoms with Crippen LogP contribution in [0.3, 0.4) is 0 Å². The molecule has 0 aromatic heterocycles.